The van der Waals surface area contributed by atoms with E-state index in [0.717, 1.165) is 4.70 Å². The van der Waals surface area contributed by atoms with Gasteiger partial charge in [0.2, 0.25) is 5.91 Å². The normalized spacial score (nSPS) is 11.3. The van der Waals surface area contributed by atoms with E-state index in [4.69, 9.17) is 27.9 Å². The monoisotopic (exact) mass is 497 g/mol. The van der Waals surface area contributed by atoms with Gasteiger partial charge < -0.3 is 20.4 Å². The smallest absolute Gasteiger partial charge is 0.408 e. The number of aromatic amines is 1. The Bertz CT molecular complexity index is 1200. The van der Waals surface area contributed by atoms with Crippen molar-refractivity contribution in [3.05, 3.63) is 39.6 Å². The maximum Gasteiger partial charge on any atom is 0.408 e. The quantitative estimate of drug-likeness (QED) is 0.396. The van der Waals surface area contributed by atoms with E-state index < -0.39 is 23.5 Å². The van der Waals surface area contributed by atoms with Crippen molar-refractivity contribution in [1.82, 2.24) is 15.3 Å². The Balaban J connectivity index is 1.63. The SMILES string of the molecule is Cc1[nH]c(C(=O)Nc2nc3ccc(NC(=O)CNC(=O)OC(C)(C)C)cc3s2)c(Cl)c1Cl. The number of halogens is 2. The van der Waals surface area contributed by atoms with E-state index in [1.165, 1.54) is 11.3 Å². The summed E-state index contributed by atoms with van der Waals surface area (Å²) in [5.41, 5.74) is 1.25. The van der Waals surface area contributed by atoms with Crippen molar-refractivity contribution in [3.8, 4) is 0 Å². The van der Waals surface area contributed by atoms with Crippen LogP contribution in [-0.4, -0.2) is 40.0 Å². The van der Waals surface area contributed by atoms with Crippen molar-refractivity contribution in [2.45, 2.75) is 33.3 Å². The minimum absolute atomic E-state index is 0.146. The summed E-state index contributed by atoms with van der Waals surface area (Å²) in [5.74, 6) is -0.882. The van der Waals surface area contributed by atoms with Crippen molar-refractivity contribution < 1.29 is 19.1 Å². The zero-order chi connectivity index (χ0) is 23.6. The van der Waals surface area contributed by atoms with Gasteiger partial charge in [-0.15, -0.1) is 0 Å². The number of hydrogen-bond acceptors (Lipinski definition) is 6. The fourth-order valence-corrected chi connectivity index (χ4v) is 3.93. The van der Waals surface area contributed by atoms with Gasteiger partial charge in [0.25, 0.3) is 5.91 Å². The highest BCUT2D eigenvalue weighted by molar-refractivity contribution is 7.22. The average molecular weight is 498 g/mol. The molecule has 0 saturated carbocycles. The third kappa shape index (κ3) is 5.90. The van der Waals surface area contributed by atoms with Crippen molar-refractivity contribution in [3.63, 3.8) is 0 Å². The Labute approximate surface area is 197 Å². The van der Waals surface area contributed by atoms with Crippen LogP contribution in [0.15, 0.2) is 18.2 Å². The van der Waals surface area contributed by atoms with Gasteiger partial charge >= 0.3 is 6.09 Å². The molecule has 9 nitrogen and oxygen atoms in total. The zero-order valence-electron chi connectivity index (χ0n) is 17.7. The molecule has 1 aromatic carbocycles. The molecule has 0 saturated heterocycles. The van der Waals surface area contributed by atoms with E-state index >= 15 is 0 Å². The molecule has 0 spiro atoms. The lowest BCUT2D eigenvalue weighted by atomic mass is 10.2. The number of rotatable bonds is 5. The van der Waals surface area contributed by atoms with Gasteiger partial charge in [0, 0.05) is 11.4 Å². The van der Waals surface area contributed by atoms with Gasteiger partial charge in [-0.3, -0.25) is 14.9 Å². The molecule has 4 N–H and O–H groups in total. The molecule has 3 amide bonds. The minimum atomic E-state index is -0.676. The lowest BCUT2D eigenvalue weighted by Crippen LogP contribution is -2.37. The molecule has 0 aliphatic carbocycles. The largest absolute Gasteiger partial charge is 0.444 e. The summed E-state index contributed by atoms with van der Waals surface area (Å²) in [6, 6.07) is 5.10. The maximum atomic E-state index is 12.5. The molecule has 0 bridgehead atoms. The number of ether oxygens (including phenoxy) is 1. The highest BCUT2D eigenvalue weighted by Crippen LogP contribution is 2.31. The van der Waals surface area contributed by atoms with Crippen LogP contribution in [0.1, 0.15) is 37.0 Å². The van der Waals surface area contributed by atoms with Crippen LogP contribution in [-0.2, 0) is 9.53 Å². The van der Waals surface area contributed by atoms with Gasteiger partial charge in [-0.2, -0.15) is 0 Å². The number of aryl methyl sites for hydroxylation is 1. The number of amides is 3. The van der Waals surface area contributed by atoms with Gasteiger partial charge in [0.05, 0.1) is 20.3 Å². The number of thiazole rings is 1. The number of carbonyl (C=O) groups is 3. The number of nitrogens with one attached hydrogen (secondary N) is 4. The Morgan fingerprint density at radius 1 is 1.16 bits per heavy atom. The fourth-order valence-electron chi connectivity index (χ4n) is 2.62. The number of aromatic nitrogens is 2. The van der Waals surface area contributed by atoms with Crippen LogP contribution in [0, 0.1) is 6.92 Å². The first-order valence-corrected chi connectivity index (χ1v) is 11.0. The van der Waals surface area contributed by atoms with E-state index in [9.17, 15) is 14.4 Å². The summed E-state index contributed by atoms with van der Waals surface area (Å²) >= 11 is 13.3. The van der Waals surface area contributed by atoms with E-state index in [-0.39, 0.29) is 17.3 Å². The molecule has 12 heteroatoms. The third-order valence-electron chi connectivity index (χ3n) is 3.97. The lowest BCUT2D eigenvalue weighted by Gasteiger charge is -2.19. The molecule has 0 atom stereocenters. The van der Waals surface area contributed by atoms with Crippen LogP contribution in [0.2, 0.25) is 10.0 Å². The molecule has 170 valence electrons. The molecule has 0 aliphatic rings. The fraction of sp³-hybridized carbons (Fsp3) is 0.300. The van der Waals surface area contributed by atoms with E-state index in [1.54, 1.807) is 45.9 Å². The molecule has 3 rings (SSSR count). The van der Waals surface area contributed by atoms with Gasteiger partial charge in [-0.25, -0.2) is 9.78 Å². The second-order valence-electron chi connectivity index (χ2n) is 7.81. The first-order valence-electron chi connectivity index (χ1n) is 9.45. The number of anilines is 2. The number of alkyl carbamates (subject to hydrolysis) is 1. The molecule has 32 heavy (non-hydrogen) atoms. The lowest BCUT2D eigenvalue weighted by molar-refractivity contribution is -0.115. The summed E-state index contributed by atoms with van der Waals surface area (Å²) in [6.45, 7) is 6.67. The second-order valence-corrected chi connectivity index (χ2v) is 9.60. The van der Waals surface area contributed by atoms with E-state index in [2.05, 4.69) is 25.9 Å². The maximum absolute atomic E-state index is 12.5. The van der Waals surface area contributed by atoms with E-state index in [0.29, 0.717) is 27.1 Å². The van der Waals surface area contributed by atoms with Gasteiger partial charge in [-0.1, -0.05) is 34.5 Å². The summed E-state index contributed by atoms with van der Waals surface area (Å²) in [4.78, 5) is 43.5. The van der Waals surface area contributed by atoms with Crippen LogP contribution in [0.4, 0.5) is 15.6 Å². The molecule has 3 aromatic rings. The number of nitrogens with zero attached hydrogens (tertiary/aromatic N) is 1. The molecule has 2 aromatic heterocycles. The molecule has 0 radical (unpaired) electrons. The number of carbonyl (C=O) groups excluding carboxylic acids is 3. The Morgan fingerprint density at radius 3 is 2.50 bits per heavy atom. The highest BCUT2D eigenvalue weighted by Gasteiger charge is 2.20. The summed E-state index contributed by atoms with van der Waals surface area (Å²) in [5, 5.41) is 8.57. The van der Waals surface area contributed by atoms with Gasteiger partial charge in [0.15, 0.2) is 5.13 Å². The molecular weight excluding hydrogens is 477 g/mol. The number of fused-ring (bicyclic) bond motifs is 1. The Morgan fingerprint density at radius 2 is 1.88 bits per heavy atom. The van der Waals surface area contributed by atoms with Crippen molar-refractivity contribution in [1.29, 1.82) is 0 Å². The first-order chi connectivity index (χ1) is 14.9. The predicted molar refractivity (Wildman–Crippen MR) is 126 cm³/mol. The molecule has 2 heterocycles. The highest BCUT2D eigenvalue weighted by atomic mass is 35.5. The summed E-state index contributed by atoms with van der Waals surface area (Å²) in [7, 11) is 0. The average Bonchev–Trinajstić information content (AvgIpc) is 3.20. The number of benzene rings is 1. The van der Waals surface area contributed by atoms with E-state index in [1.807, 2.05) is 0 Å². The summed E-state index contributed by atoms with van der Waals surface area (Å²) in [6.07, 6.45) is -0.676. The van der Waals surface area contributed by atoms with Crippen LogP contribution in [0.25, 0.3) is 10.2 Å². The molecule has 0 fully saturated rings. The second kappa shape index (κ2) is 9.35. The standard InChI is InChI=1S/C20H21Cl2N5O4S/c1-9-14(21)15(22)16(24-9)17(29)27-18-26-11-6-5-10(7-12(11)32-18)25-13(28)8-23-19(30)31-20(2,3)4/h5-7,24H,8H2,1-4H3,(H,23,30)(H,25,28)(H,26,27,29). The summed E-state index contributed by atoms with van der Waals surface area (Å²) < 4.78 is 5.83. The zero-order valence-corrected chi connectivity index (χ0v) is 20.0. The van der Waals surface area contributed by atoms with Gasteiger partial charge in [0.1, 0.15) is 17.8 Å². The first kappa shape index (κ1) is 23.8. The molecule has 0 aliphatic heterocycles. The van der Waals surface area contributed by atoms with Crippen LogP contribution in [0.5, 0.6) is 0 Å². The van der Waals surface area contributed by atoms with Crippen LogP contribution < -0.4 is 16.0 Å². The van der Waals surface area contributed by atoms with Crippen LogP contribution >= 0.6 is 34.5 Å². The number of hydrogen-bond donors (Lipinski definition) is 4. The predicted octanol–water partition coefficient (Wildman–Crippen LogP) is 4.96. The Hall–Kier alpha value is -2.82. The minimum Gasteiger partial charge on any atom is -0.444 e. The third-order valence-corrected chi connectivity index (χ3v) is 5.85. The topological polar surface area (TPSA) is 125 Å². The molecular formula is C20H21Cl2N5O4S. The van der Waals surface area contributed by atoms with Gasteiger partial charge in [-0.05, 0) is 45.9 Å². The number of H-pyrrole nitrogens is 1. The van der Waals surface area contributed by atoms with Crippen molar-refractivity contribution in [2.75, 3.05) is 17.2 Å². The van der Waals surface area contributed by atoms with Crippen molar-refractivity contribution >= 4 is 73.5 Å². The van der Waals surface area contributed by atoms with Crippen molar-refractivity contribution in [2.24, 2.45) is 0 Å². The Kier molecular flexibility index (Phi) is 6.97. The molecule has 0 unspecified atom stereocenters. The van der Waals surface area contributed by atoms with Crippen LogP contribution in [0.3, 0.4) is 0 Å².